The Kier molecular flexibility index (Phi) is 4.77. The molecule has 0 aliphatic heterocycles. The molecule has 22 heavy (non-hydrogen) atoms. The van der Waals surface area contributed by atoms with Gasteiger partial charge >= 0.3 is 11.9 Å². The summed E-state index contributed by atoms with van der Waals surface area (Å²) < 4.78 is 25.2. The van der Waals surface area contributed by atoms with Crippen molar-refractivity contribution in [3.8, 4) is 0 Å². The van der Waals surface area contributed by atoms with Gasteiger partial charge in [0, 0.05) is 0 Å². The van der Waals surface area contributed by atoms with Crippen LogP contribution in [0.1, 0.15) is 12.8 Å². The average Bonchev–Trinajstić information content (AvgIpc) is 2.47. The number of aliphatic carboxylic acids is 2. The van der Waals surface area contributed by atoms with Gasteiger partial charge in [0.15, 0.2) is 9.84 Å². The number of carboxylic acids is 2. The van der Waals surface area contributed by atoms with Crippen LogP contribution in [0.2, 0.25) is 0 Å². The summed E-state index contributed by atoms with van der Waals surface area (Å²) in [5.41, 5.74) is 0. The van der Waals surface area contributed by atoms with Crippen LogP contribution in [-0.2, 0) is 19.4 Å². The van der Waals surface area contributed by atoms with Crippen molar-refractivity contribution in [1.82, 2.24) is 0 Å². The Hall–Kier alpha value is -1.60. The molecule has 0 spiro atoms. The number of halogens is 1. The highest BCUT2D eigenvalue weighted by Gasteiger charge is 2.48. The Morgan fingerprint density at radius 1 is 1.00 bits per heavy atom. The Bertz CT molecular complexity index is 672. The van der Waals surface area contributed by atoms with E-state index in [1.54, 1.807) is 18.2 Å². The first-order chi connectivity index (χ1) is 10.2. The topological polar surface area (TPSA) is 109 Å². The fourth-order valence-corrected chi connectivity index (χ4v) is 5.32. The molecule has 1 aliphatic carbocycles. The van der Waals surface area contributed by atoms with Crippen LogP contribution in [0.4, 0.5) is 0 Å². The Labute approximate surface area is 132 Å². The predicted octanol–water partition coefficient (Wildman–Crippen LogP) is 1.63. The van der Waals surface area contributed by atoms with E-state index in [4.69, 9.17) is 16.7 Å². The van der Waals surface area contributed by atoms with Crippen molar-refractivity contribution >= 4 is 33.4 Å². The molecule has 0 heterocycles. The highest BCUT2D eigenvalue weighted by Crippen LogP contribution is 2.39. The van der Waals surface area contributed by atoms with E-state index in [0.29, 0.717) is 0 Å². The van der Waals surface area contributed by atoms with Gasteiger partial charge in [0.05, 0.1) is 27.4 Å². The molecule has 1 aliphatic rings. The maximum absolute atomic E-state index is 12.6. The molecule has 2 N–H and O–H groups in total. The average molecular weight is 347 g/mol. The molecule has 0 aromatic heterocycles. The van der Waals surface area contributed by atoms with Gasteiger partial charge in [-0.25, -0.2) is 8.42 Å². The van der Waals surface area contributed by atoms with Crippen LogP contribution in [0.5, 0.6) is 0 Å². The second-order valence-corrected chi connectivity index (χ2v) is 8.00. The fourth-order valence-electron chi connectivity index (χ4n) is 2.77. The molecule has 0 bridgehead atoms. The van der Waals surface area contributed by atoms with E-state index in [0.717, 1.165) is 0 Å². The second-order valence-electron chi connectivity index (χ2n) is 5.27. The monoisotopic (exact) mass is 346 g/mol. The number of benzene rings is 1. The molecule has 6 nitrogen and oxygen atoms in total. The normalized spacial score (nSPS) is 29.0. The van der Waals surface area contributed by atoms with Gasteiger partial charge in [-0.3, -0.25) is 9.59 Å². The van der Waals surface area contributed by atoms with Crippen LogP contribution in [0.3, 0.4) is 0 Å². The minimum absolute atomic E-state index is 0.0589. The Balaban J connectivity index is 2.36. The molecule has 120 valence electrons. The van der Waals surface area contributed by atoms with Crippen molar-refractivity contribution in [2.75, 3.05) is 0 Å². The van der Waals surface area contributed by atoms with E-state index < -0.39 is 44.2 Å². The maximum atomic E-state index is 12.6. The Morgan fingerprint density at radius 2 is 1.50 bits per heavy atom. The number of hydrogen-bond donors (Lipinski definition) is 2. The molecular weight excluding hydrogens is 332 g/mol. The molecule has 4 unspecified atom stereocenters. The zero-order valence-corrected chi connectivity index (χ0v) is 13.0. The largest absolute Gasteiger partial charge is 0.481 e. The van der Waals surface area contributed by atoms with Gasteiger partial charge in [-0.05, 0) is 25.0 Å². The quantitative estimate of drug-likeness (QED) is 0.802. The maximum Gasteiger partial charge on any atom is 0.307 e. The van der Waals surface area contributed by atoms with Gasteiger partial charge in [-0.2, -0.15) is 0 Å². The van der Waals surface area contributed by atoms with E-state index in [-0.39, 0.29) is 17.7 Å². The number of alkyl halides is 1. The van der Waals surface area contributed by atoms with Crippen LogP contribution < -0.4 is 0 Å². The first-order valence-electron chi connectivity index (χ1n) is 6.63. The van der Waals surface area contributed by atoms with E-state index in [9.17, 15) is 23.1 Å². The summed E-state index contributed by atoms with van der Waals surface area (Å²) >= 11 is 6.09. The van der Waals surface area contributed by atoms with E-state index in [1.165, 1.54) is 12.1 Å². The molecule has 4 atom stereocenters. The molecule has 0 amide bonds. The van der Waals surface area contributed by atoms with Crippen LogP contribution in [0.25, 0.3) is 0 Å². The molecule has 0 radical (unpaired) electrons. The number of hydrogen-bond acceptors (Lipinski definition) is 4. The smallest absolute Gasteiger partial charge is 0.307 e. The van der Waals surface area contributed by atoms with Crippen molar-refractivity contribution in [2.45, 2.75) is 28.4 Å². The SMILES string of the molecule is O=C(O)C1CC(Cl)C(S(=O)(=O)c2ccccc2)CC1C(=O)O. The van der Waals surface area contributed by atoms with Crippen molar-refractivity contribution < 1.29 is 28.2 Å². The first-order valence-corrected chi connectivity index (χ1v) is 8.62. The van der Waals surface area contributed by atoms with Crippen LogP contribution in [-0.4, -0.2) is 41.2 Å². The Morgan fingerprint density at radius 3 is 2.00 bits per heavy atom. The molecule has 1 aromatic rings. The molecule has 1 aromatic carbocycles. The lowest BCUT2D eigenvalue weighted by atomic mass is 9.79. The van der Waals surface area contributed by atoms with Gasteiger partial charge < -0.3 is 10.2 Å². The summed E-state index contributed by atoms with van der Waals surface area (Å²) in [6, 6.07) is 7.62. The summed E-state index contributed by atoms with van der Waals surface area (Å²) in [5, 5.41) is 16.2. The zero-order chi connectivity index (χ0) is 16.5. The van der Waals surface area contributed by atoms with Crippen LogP contribution in [0, 0.1) is 11.8 Å². The third-order valence-electron chi connectivity index (χ3n) is 3.96. The van der Waals surface area contributed by atoms with E-state index in [1.807, 2.05) is 0 Å². The first kappa shape index (κ1) is 16.8. The number of carboxylic acid groups (broad SMARTS) is 2. The lowest BCUT2D eigenvalue weighted by Crippen LogP contribution is -2.46. The van der Waals surface area contributed by atoms with Gasteiger partial charge in [0.25, 0.3) is 0 Å². The second kappa shape index (κ2) is 6.26. The summed E-state index contributed by atoms with van der Waals surface area (Å²) in [6.07, 6.45) is -0.498. The van der Waals surface area contributed by atoms with Crippen LogP contribution in [0.15, 0.2) is 35.2 Å². The highest BCUT2D eigenvalue weighted by atomic mass is 35.5. The predicted molar refractivity (Wildman–Crippen MR) is 78.5 cm³/mol. The van der Waals surface area contributed by atoms with Gasteiger partial charge in [0.2, 0.25) is 0 Å². The zero-order valence-electron chi connectivity index (χ0n) is 11.4. The van der Waals surface area contributed by atoms with Gasteiger partial charge in [0.1, 0.15) is 0 Å². The molecular formula is C14H15ClO6S. The summed E-state index contributed by atoms with van der Waals surface area (Å²) in [4.78, 5) is 22.5. The summed E-state index contributed by atoms with van der Waals surface area (Å²) in [7, 11) is -3.81. The van der Waals surface area contributed by atoms with E-state index in [2.05, 4.69) is 0 Å². The molecule has 1 fully saturated rings. The number of rotatable bonds is 4. The standard InChI is InChI=1S/C14H15ClO6S/c15-11-6-9(13(16)17)10(14(18)19)7-12(11)22(20,21)8-4-2-1-3-5-8/h1-5,9-12H,6-7H2,(H,16,17)(H,18,19). The molecule has 2 rings (SSSR count). The summed E-state index contributed by atoms with van der Waals surface area (Å²) in [5.74, 6) is -5.03. The lowest BCUT2D eigenvalue weighted by molar-refractivity contribution is -0.155. The minimum Gasteiger partial charge on any atom is -0.481 e. The van der Waals surface area contributed by atoms with Gasteiger partial charge in [-0.1, -0.05) is 18.2 Å². The molecule has 1 saturated carbocycles. The third-order valence-corrected chi connectivity index (χ3v) is 6.84. The fraction of sp³-hybridized carbons (Fsp3) is 0.429. The number of carbonyl (C=O) groups is 2. The molecule has 0 saturated heterocycles. The van der Waals surface area contributed by atoms with Crippen molar-refractivity contribution in [2.24, 2.45) is 11.8 Å². The molecule has 8 heteroatoms. The minimum atomic E-state index is -3.81. The van der Waals surface area contributed by atoms with Gasteiger partial charge in [-0.15, -0.1) is 11.6 Å². The number of sulfone groups is 1. The highest BCUT2D eigenvalue weighted by molar-refractivity contribution is 7.92. The van der Waals surface area contributed by atoms with Crippen LogP contribution >= 0.6 is 11.6 Å². The lowest BCUT2D eigenvalue weighted by Gasteiger charge is -2.34. The van der Waals surface area contributed by atoms with Crippen molar-refractivity contribution in [3.05, 3.63) is 30.3 Å². The van der Waals surface area contributed by atoms with Crippen molar-refractivity contribution in [1.29, 1.82) is 0 Å². The van der Waals surface area contributed by atoms with Crippen molar-refractivity contribution in [3.63, 3.8) is 0 Å². The summed E-state index contributed by atoms with van der Waals surface area (Å²) in [6.45, 7) is 0. The third kappa shape index (κ3) is 3.10. The van der Waals surface area contributed by atoms with E-state index >= 15 is 0 Å².